The second-order valence-electron chi connectivity index (χ2n) is 8.04. The molecule has 5 nitrogen and oxygen atoms in total. The van der Waals surface area contributed by atoms with Gasteiger partial charge in [0.25, 0.3) is 0 Å². The lowest BCUT2D eigenvalue weighted by molar-refractivity contribution is 0.0983. The van der Waals surface area contributed by atoms with Crippen LogP contribution < -0.4 is 5.73 Å². The van der Waals surface area contributed by atoms with Gasteiger partial charge in [0, 0.05) is 21.7 Å². The second kappa shape index (κ2) is 11.6. The van der Waals surface area contributed by atoms with Gasteiger partial charge in [-0.1, -0.05) is 12.1 Å². The van der Waals surface area contributed by atoms with Crippen molar-refractivity contribution in [3.05, 3.63) is 51.7 Å². The number of ketones is 1. The first kappa shape index (κ1) is 25.3. The van der Waals surface area contributed by atoms with Crippen LogP contribution in [-0.2, 0) is 17.4 Å². The summed E-state index contributed by atoms with van der Waals surface area (Å²) in [6, 6.07) is 12.4. The molecule has 4 N–H and O–H groups in total. The summed E-state index contributed by atoms with van der Waals surface area (Å²) >= 11 is 3.24. The van der Waals surface area contributed by atoms with Gasteiger partial charge < -0.3 is 15.5 Å². The number of thioether (sulfide) groups is 1. The molecule has 1 heterocycles. The normalized spacial score (nSPS) is 13.9. The molecule has 0 radical (unpaired) electrons. The molecule has 2 aromatic rings. The molecule has 0 amide bonds. The summed E-state index contributed by atoms with van der Waals surface area (Å²) in [6.45, 7) is 1.82. The van der Waals surface area contributed by atoms with Crippen LogP contribution in [0.15, 0.2) is 41.3 Å². The highest BCUT2D eigenvalue weighted by Crippen LogP contribution is 2.37. The maximum absolute atomic E-state index is 12.5. The molecule has 0 saturated heterocycles. The minimum Gasteiger partial charge on any atom is -0.325 e. The molecule has 1 aromatic heterocycles. The predicted octanol–water partition coefficient (Wildman–Crippen LogP) is 5.28. The number of hydrogen-bond donors (Lipinski definition) is 3. The zero-order valence-electron chi connectivity index (χ0n) is 17.7. The second-order valence-corrected chi connectivity index (χ2v) is 11.9. The molecule has 0 bridgehead atoms. The van der Waals surface area contributed by atoms with Crippen LogP contribution in [0.5, 0.6) is 0 Å². The maximum atomic E-state index is 12.5. The van der Waals surface area contributed by atoms with Crippen molar-refractivity contribution in [2.75, 3.05) is 12.4 Å². The predicted molar refractivity (Wildman–Crippen MR) is 127 cm³/mol. The number of Topliss-reactive ketones (excluding diaryl/α,β-unsaturated/α-hetero) is 1. The van der Waals surface area contributed by atoms with E-state index in [1.165, 1.54) is 21.8 Å². The molecule has 0 saturated carbocycles. The smallest absolute Gasteiger partial charge is 0.325 e. The minimum atomic E-state index is -4.03. The van der Waals surface area contributed by atoms with Crippen molar-refractivity contribution in [2.45, 2.75) is 62.3 Å². The van der Waals surface area contributed by atoms with E-state index in [-0.39, 0.29) is 18.4 Å². The lowest BCUT2D eigenvalue weighted by Crippen LogP contribution is -2.37. The molecule has 0 aliphatic heterocycles. The fraction of sp³-hybridized carbons (Fsp3) is 0.500. The number of carbonyl (C=O) groups excluding carboxylic acids is 1. The summed E-state index contributed by atoms with van der Waals surface area (Å²) in [4.78, 5) is 33.6. The highest BCUT2D eigenvalue weighted by atomic mass is 32.2. The Balaban J connectivity index is 1.72. The third kappa shape index (κ3) is 9.46. The van der Waals surface area contributed by atoms with Gasteiger partial charge in [0.2, 0.25) is 0 Å². The monoisotopic (exact) mass is 469 g/mol. The van der Waals surface area contributed by atoms with Crippen molar-refractivity contribution in [3.8, 4) is 0 Å². The molecule has 8 heteroatoms. The number of rotatable bonds is 13. The first-order chi connectivity index (χ1) is 14.1. The SMILES string of the molecule is CSc1ccc(CCCCC(=O)c2ccc(CCC(C)(N)CCP(=O)(O)O)s2)cc1. The Morgan fingerprint density at radius 3 is 2.43 bits per heavy atom. The van der Waals surface area contributed by atoms with Crippen LogP contribution in [0.4, 0.5) is 0 Å². The molecular formula is C22H32NO4PS2. The van der Waals surface area contributed by atoms with E-state index in [0.29, 0.717) is 19.3 Å². The maximum Gasteiger partial charge on any atom is 0.325 e. The quantitative estimate of drug-likeness (QED) is 0.160. The molecule has 1 atom stereocenters. The van der Waals surface area contributed by atoms with Crippen molar-refractivity contribution >= 4 is 36.5 Å². The lowest BCUT2D eigenvalue weighted by atomic mass is 9.94. The van der Waals surface area contributed by atoms with Crippen molar-refractivity contribution in [3.63, 3.8) is 0 Å². The standard InChI is InChI=1S/C22H32NO4PS2/c1-22(23,15-16-28(25,26)27)14-13-19-11-12-21(30-19)20(24)6-4-3-5-17-7-9-18(29-2)10-8-17/h7-12H,3-6,13-16,23H2,1-2H3,(H2,25,26,27). The average Bonchev–Trinajstić information content (AvgIpc) is 3.17. The summed E-state index contributed by atoms with van der Waals surface area (Å²) in [5, 5.41) is 0. The van der Waals surface area contributed by atoms with Crippen LogP contribution >= 0.6 is 30.7 Å². The van der Waals surface area contributed by atoms with Crippen LogP contribution in [-0.4, -0.2) is 33.5 Å². The Kier molecular flexibility index (Phi) is 9.79. The number of aryl methyl sites for hydroxylation is 2. The van der Waals surface area contributed by atoms with Crippen molar-refractivity contribution in [1.82, 2.24) is 0 Å². The number of hydrogen-bond acceptors (Lipinski definition) is 5. The summed E-state index contributed by atoms with van der Waals surface area (Å²) in [5.74, 6) is 0.181. The Hall–Kier alpha value is -0.950. The fourth-order valence-electron chi connectivity index (χ4n) is 3.13. The van der Waals surface area contributed by atoms with E-state index in [9.17, 15) is 9.36 Å². The van der Waals surface area contributed by atoms with Crippen LogP contribution in [0.25, 0.3) is 0 Å². The summed E-state index contributed by atoms with van der Waals surface area (Å²) in [5.41, 5.74) is 6.85. The van der Waals surface area contributed by atoms with E-state index < -0.39 is 13.1 Å². The van der Waals surface area contributed by atoms with E-state index in [2.05, 4.69) is 30.5 Å². The first-order valence-electron chi connectivity index (χ1n) is 10.2. The van der Waals surface area contributed by atoms with Crippen molar-refractivity contribution in [1.29, 1.82) is 0 Å². The number of thiophene rings is 1. The summed E-state index contributed by atoms with van der Waals surface area (Å²) in [6.07, 6.45) is 6.88. The molecule has 1 aromatic carbocycles. The number of nitrogens with two attached hydrogens (primary N) is 1. The van der Waals surface area contributed by atoms with Crippen LogP contribution in [0.1, 0.15) is 59.1 Å². The van der Waals surface area contributed by atoms with Gasteiger partial charge in [-0.25, -0.2) is 0 Å². The van der Waals surface area contributed by atoms with Gasteiger partial charge in [-0.05, 0) is 81.5 Å². The topological polar surface area (TPSA) is 101 Å². The van der Waals surface area contributed by atoms with Crippen LogP contribution in [0.2, 0.25) is 0 Å². The van der Waals surface area contributed by atoms with E-state index >= 15 is 0 Å². The molecule has 0 spiro atoms. The highest BCUT2D eigenvalue weighted by Gasteiger charge is 2.24. The Morgan fingerprint density at radius 2 is 1.80 bits per heavy atom. The van der Waals surface area contributed by atoms with Crippen LogP contribution in [0, 0.1) is 0 Å². The number of carbonyl (C=O) groups is 1. The fourth-order valence-corrected chi connectivity index (χ4v) is 5.31. The highest BCUT2D eigenvalue weighted by molar-refractivity contribution is 7.98. The number of unbranched alkanes of at least 4 members (excludes halogenated alkanes) is 1. The van der Waals surface area contributed by atoms with E-state index in [0.717, 1.165) is 29.0 Å². The molecule has 0 aliphatic rings. The van der Waals surface area contributed by atoms with E-state index in [4.69, 9.17) is 15.5 Å². The number of benzene rings is 1. The van der Waals surface area contributed by atoms with Crippen molar-refractivity contribution in [2.24, 2.45) is 5.73 Å². The molecule has 30 heavy (non-hydrogen) atoms. The molecule has 0 aliphatic carbocycles. The zero-order valence-corrected chi connectivity index (χ0v) is 20.2. The van der Waals surface area contributed by atoms with Gasteiger partial charge in [0.1, 0.15) is 0 Å². The third-order valence-corrected chi connectivity index (χ3v) is 7.87. The van der Waals surface area contributed by atoms with Gasteiger partial charge in [0.15, 0.2) is 5.78 Å². The molecular weight excluding hydrogens is 437 g/mol. The zero-order chi connectivity index (χ0) is 22.2. The van der Waals surface area contributed by atoms with Crippen LogP contribution in [0.3, 0.4) is 0 Å². The Bertz CT molecular complexity index is 858. The Morgan fingerprint density at radius 1 is 1.10 bits per heavy atom. The van der Waals surface area contributed by atoms with E-state index in [1.54, 1.807) is 11.8 Å². The van der Waals surface area contributed by atoms with Gasteiger partial charge in [-0.3, -0.25) is 9.36 Å². The van der Waals surface area contributed by atoms with E-state index in [1.807, 2.05) is 19.1 Å². The first-order valence-corrected chi connectivity index (χ1v) is 14.0. The molecule has 1 unspecified atom stereocenters. The van der Waals surface area contributed by atoms with Gasteiger partial charge in [-0.2, -0.15) is 0 Å². The largest absolute Gasteiger partial charge is 0.325 e. The molecule has 2 rings (SSSR count). The average molecular weight is 470 g/mol. The summed E-state index contributed by atoms with van der Waals surface area (Å²) < 4.78 is 11.0. The Labute approximate surface area is 187 Å². The van der Waals surface area contributed by atoms with Gasteiger partial charge in [-0.15, -0.1) is 23.1 Å². The van der Waals surface area contributed by atoms with Gasteiger partial charge in [0.05, 0.1) is 11.0 Å². The molecule has 0 fully saturated rings. The minimum absolute atomic E-state index is 0.181. The summed E-state index contributed by atoms with van der Waals surface area (Å²) in [7, 11) is -4.03. The third-order valence-electron chi connectivity index (χ3n) is 5.13. The lowest BCUT2D eigenvalue weighted by Gasteiger charge is -2.24. The van der Waals surface area contributed by atoms with Crippen molar-refractivity contribution < 1.29 is 19.1 Å². The molecule has 166 valence electrons. The van der Waals surface area contributed by atoms with Gasteiger partial charge >= 0.3 is 7.60 Å².